The number of aldehydes is 1. The number of aliphatic hydroxyl groups is 1. The first kappa shape index (κ1) is 18.7. The largest absolute Gasteiger partial charge is 0.400 e. The number of unbranched alkanes of at least 4 members (excludes halogenated alkanes) is 1. The van der Waals surface area contributed by atoms with E-state index < -0.39 is 0 Å². The minimum Gasteiger partial charge on any atom is -0.400 e. The van der Waals surface area contributed by atoms with Crippen LogP contribution < -0.4 is 0 Å². The maximum atomic E-state index is 11.4. The molecule has 3 heteroatoms. The van der Waals surface area contributed by atoms with E-state index in [4.69, 9.17) is 5.11 Å². The lowest BCUT2D eigenvalue weighted by Gasteiger charge is -2.32. The van der Waals surface area contributed by atoms with E-state index in [1.54, 1.807) is 6.92 Å². The lowest BCUT2D eigenvalue weighted by atomic mass is 9.71. The van der Waals surface area contributed by atoms with Crippen molar-refractivity contribution in [3.05, 3.63) is 0 Å². The third-order valence-corrected chi connectivity index (χ3v) is 3.18. The van der Waals surface area contributed by atoms with Gasteiger partial charge in [-0.2, -0.15) is 0 Å². The SMILES string of the molecule is CCCCC(C)(C=O)CC(C)(C)C(C)=O.CO. The van der Waals surface area contributed by atoms with Gasteiger partial charge in [-0.3, -0.25) is 4.79 Å². The molecule has 0 aliphatic heterocycles. The fourth-order valence-electron chi connectivity index (χ4n) is 1.90. The van der Waals surface area contributed by atoms with Gasteiger partial charge in [0.25, 0.3) is 0 Å². The molecule has 0 saturated heterocycles. The van der Waals surface area contributed by atoms with E-state index in [2.05, 4.69) is 6.92 Å². The molecule has 0 aromatic carbocycles. The average molecular weight is 244 g/mol. The highest BCUT2D eigenvalue weighted by atomic mass is 16.2. The van der Waals surface area contributed by atoms with Gasteiger partial charge in [0.2, 0.25) is 0 Å². The van der Waals surface area contributed by atoms with E-state index in [1.165, 1.54) is 0 Å². The van der Waals surface area contributed by atoms with E-state index in [9.17, 15) is 9.59 Å². The van der Waals surface area contributed by atoms with E-state index in [-0.39, 0.29) is 16.6 Å². The Hall–Kier alpha value is -0.700. The first-order chi connectivity index (χ1) is 7.77. The predicted molar refractivity (Wildman–Crippen MR) is 70.9 cm³/mol. The maximum absolute atomic E-state index is 11.4. The molecule has 0 spiro atoms. The number of ketones is 1. The van der Waals surface area contributed by atoms with Gasteiger partial charge in [-0.15, -0.1) is 0 Å². The van der Waals surface area contributed by atoms with Crippen molar-refractivity contribution in [1.29, 1.82) is 0 Å². The van der Waals surface area contributed by atoms with Crippen LogP contribution in [0.15, 0.2) is 0 Å². The maximum Gasteiger partial charge on any atom is 0.135 e. The number of carbonyl (C=O) groups is 2. The molecular weight excluding hydrogens is 216 g/mol. The number of rotatable bonds is 7. The summed E-state index contributed by atoms with van der Waals surface area (Å²) < 4.78 is 0. The van der Waals surface area contributed by atoms with Crippen LogP contribution in [0.1, 0.15) is 60.3 Å². The molecule has 1 unspecified atom stereocenters. The topological polar surface area (TPSA) is 54.4 Å². The van der Waals surface area contributed by atoms with Gasteiger partial charge in [0.15, 0.2) is 0 Å². The highest BCUT2D eigenvalue weighted by molar-refractivity contribution is 5.82. The van der Waals surface area contributed by atoms with Crippen molar-refractivity contribution < 1.29 is 14.7 Å². The molecule has 0 fully saturated rings. The van der Waals surface area contributed by atoms with Crippen LogP contribution in [0.25, 0.3) is 0 Å². The zero-order valence-corrected chi connectivity index (χ0v) is 12.2. The molecule has 0 rings (SSSR count). The molecular formula is C14H28O3. The summed E-state index contributed by atoms with van der Waals surface area (Å²) in [5.41, 5.74) is -0.728. The second kappa shape index (κ2) is 8.40. The van der Waals surface area contributed by atoms with Crippen LogP contribution in [0.3, 0.4) is 0 Å². The summed E-state index contributed by atoms with van der Waals surface area (Å²) in [5, 5.41) is 7.00. The monoisotopic (exact) mass is 244 g/mol. The van der Waals surface area contributed by atoms with E-state index >= 15 is 0 Å². The lowest BCUT2D eigenvalue weighted by molar-refractivity contribution is -0.128. The molecule has 0 radical (unpaired) electrons. The third-order valence-electron chi connectivity index (χ3n) is 3.18. The second-order valence-corrected chi connectivity index (χ2v) is 5.49. The molecule has 0 aromatic heterocycles. The Morgan fingerprint density at radius 2 is 1.71 bits per heavy atom. The Morgan fingerprint density at radius 1 is 1.24 bits per heavy atom. The van der Waals surface area contributed by atoms with Crippen LogP contribution >= 0.6 is 0 Å². The molecule has 0 aliphatic rings. The van der Waals surface area contributed by atoms with Crippen molar-refractivity contribution >= 4 is 12.1 Å². The number of hydrogen-bond donors (Lipinski definition) is 1. The van der Waals surface area contributed by atoms with Crippen molar-refractivity contribution in [2.24, 2.45) is 10.8 Å². The molecule has 1 N–H and O–H groups in total. The molecule has 0 saturated carbocycles. The van der Waals surface area contributed by atoms with Crippen molar-refractivity contribution in [2.45, 2.75) is 60.3 Å². The van der Waals surface area contributed by atoms with Gasteiger partial charge in [-0.1, -0.05) is 40.5 Å². The van der Waals surface area contributed by atoms with Gasteiger partial charge in [0, 0.05) is 17.9 Å². The molecule has 1 atom stereocenters. The summed E-state index contributed by atoms with van der Waals surface area (Å²) in [7, 11) is 1.00. The third kappa shape index (κ3) is 7.27. The molecule has 0 aliphatic carbocycles. The molecule has 0 heterocycles. The van der Waals surface area contributed by atoms with Gasteiger partial charge in [0.1, 0.15) is 12.1 Å². The molecule has 0 amide bonds. The highest BCUT2D eigenvalue weighted by Crippen LogP contribution is 2.36. The molecule has 17 heavy (non-hydrogen) atoms. The van der Waals surface area contributed by atoms with E-state index in [0.717, 1.165) is 32.7 Å². The standard InChI is InChI=1S/C13H24O2.CH4O/c1-6-7-8-13(5,10-14)9-12(3,4)11(2)15;1-2/h10H,6-9H2,1-5H3;2H,1H3. The number of aliphatic hydroxyl groups excluding tert-OH is 1. The highest BCUT2D eigenvalue weighted by Gasteiger charge is 2.34. The van der Waals surface area contributed by atoms with Crippen LogP contribution in [0.4, 0.5) is 0 Å². The fraction of sp³-hybridized carbons (Fsp3) is 0.857. The smallest absolute Gasteiger partial charge is 0.135 e. The van der Waals surface area contributed by atoms with Gasteiger partial charge < -0.3 is 9.90 Å². The number of carbonyl (C=O) groups excluding carboxylic acids is 2. The summed E-state index contributed by atoms with van der Waals surface area (Å²) in [5.74, 6) is 0.159. The minimum absolute atomic E-state index is 0.159. The first-order valence-corrected chi connectivity index (χ1v) is 6.19. The minimum atomic E-state index is -0.386. The molecule has 0 aromatic rings. The fourth-order valence-corrected chi connectivity index (χ4v) is 1.90. The van der Waals surface area contributed by atoms with Crippen LogP contribution in [0.2, 0.25) is 0 Å². The van der Waals surface area contributed by atoms with Crippen LogP contribution in [0, 0.1) is 10.8 Å². The predicted octanol–water partition coefficient (Wildman–Crippen LogP) is 3.00. The van der Waals surface area contributed by atoms with Crippen LogP contribution in [-0.4, -0.2) is 24.3 Å². The van der Waals surface area contributed by atoms with Gasteiger partial charge in [0.05, 0.1) is 0 Å². The quantitative estimate of drug-likeness (QED) is 0.700. The van der Waals surface area contributed by atoms with Gasteiger partial charge in [-0.25, -0.2) is 0 Å². The summed E-state index contributed by atoms with van der Waals surface area (Å²) in [6.07, 6.45) is 4.68. The molecule has 102 valence electrons. The van der Waals surface area contributed by atoms with E-state index in [1.807, 2.05) is 20.8 Å². The zero-order chi connectivity index (χ0) is 14.1. The van der Waals surface area contributed by atoms with Crippen molar-refractivity contribution in [2.75, 3.05) is 7.11 Å². The van der Waals surface area contributed by atoms with Crippen LogP contribution in [0.5, 0.6) is 0 Å². The number of hydrogen-bond acceptors (Lipinski definition) is 3. The Labute approximate surface area is 106 Å². The van der Waals surface area contributed by atoms with Crippen molar-refractivity contribution in [3.63, 3.8) is 0 Å². The first-order valence-electron chi connectivity index (χ1n) is 6.19. The summed E-state index contributed by atoms with van der Waals surface area (Å²) in [4.78, 5) is 22.5. The Balaban J connectivity index is 0. The average Bonchev–Trinajstić information content (AvgIpc) is 2.28. The normalized spacial score (nSPS) is 14.3. The summed E-state index contributed by atoms with van der Waals surface area (Å²) in [6.45, 7) is 9.51. The lowest BCUT2D eigenvalue weighted by Crippen LogP contribution is -2.31. The van der Waals surface area contributed by atoms with Crippen molar-refractivity contribution in [3.8, 4) is 0 Å². The summed E-state index contributed by atoms with van der Waals surface area (Å²) in [6, 6.07) is 0. The van der Waals surface area contributed by atoms with Crippen LogP contribution in [-0.2, 0) is 9.59 Å². The molecule has 3 nitrogen and oxygen atoms in total. The molecule has 0 bridgehead atoms. The zero-order valence-electron chi connectivity index (χ0n) is 12.2. The van der Waals surface area contributed by atoms with Gasteiger partial charge in [-0.05, 0) is 19.8 Å². The summed E-state index contributed by atoms with van der Waals surface area (Å²) >= 11 is 0. The van der Waals surface area contributed by atoms with Crippen molar-refractivity contribution in [1.82, 2.24) is 0 Å². The van der Waals surface area contributed by atoms with Gasteiger partial charge >= 0.3 is 0 Å². The number of Topliss-reactive ketones (excluding diaryl/α,β-unsaturated/α-hetero) is 1. The van der Waals surface area contributed by atoms with E-state index in [0.29, 0.717) is 6.42 Å². The second-order valence-electron chi connectivity index (χ2n) is 5.49. The Morgan fingerprint density at radius 3 is 2.00 bits per heavy atom. The Kier molecular flexibility index (Phi) is 9.22. The Bertz CT molecular complexity index is 234.